The molecule has 1 aromatic rings. The number of methoxy groups -OCH3 is 1. The molecular weight excluding hydrogens is 276 g/mol. The average molecular weight is 298 g/mol. The summed E-state index contributed by atoms with van der Waals surface area (Å²) in [6.45, 7) is 1.82. The van der Waals surface area contributed by atoms with E-state index in [1.165, 1.54) is 0 Å². The van der Waals surface area contributed by atoms with E-state index in [0.29, 0.717) is 5.75 Å². The standard InChI is InChI=1S/C14H22N2O3S/c1-10-9-11(7-8-14(10)19-2)20(17,18)16-13-6-4-3-5-12(13)15/h7-9,12-13,16H,3-6,15H2,1-2H3/t12-,13-/m1/s1. The zero-order valence-electron chi connectivity index (χ0n) is 11.9. The van der Waals surface area contributed by atoms with Crippen LogP contribution >= 0.6 is 0 Å². The van der Waals surface area contributed by atoms with Crippen molar-refractivity contribution in [2.75, 3.05) is 7.11 Å². The van der Waals surface area contributed by atoms with Crippen LogP contribution in [0.3, 0.4) is 0 Å². The number of nitrogens with one attached hydrogen (secondary N) is 1. The van der Waals surface area contributed by atoms with Gasteiger partial charge in [0.15, 0.2) is 0 Å². The minimum Gasteiger partial charge on any atom is -0.496 e. The third-order valence-corrected chi connectivity index (χ3v) is 5.29. The zero-order valence-corrected chi connectivity index (χ0v) is 12.7. The molecule has 6 heteroatoms. The first kappa shape index (κ1) is 15.3. The molecule has 1 saturated carbocycles. The van der Waals surface area contributed by atoms with Crippen LogP contribution in [0.15, 0.2) is 23.1 Å². The predicted octanol–water partition coefficient (Wildman–Crippen LogP) is 1.55. The number of hydrogen-bond acceptors (Lipinski definition) is 4. The summed E-state index contributed by atoms with van der Waals surface area (Å²) in [4.78, 5) is 0.258. The Kier molecular flexibility index (Phi) is 4.67. The molecule has 5 nitrogen and oxygen atoms in total. The van der Waals surface area contributed by atoms with Crippen LogP contribution in [0.25, 0.3) is 0 Å². The van der Waals surface area contributed by atoms with Crippen LogP contribution in [-0.2, 0) is 10.0 Å². The molecule has 3 N–H and O–H groups in total. The lowest BCUT2D eigenvalue weighted by atomic mass is 9.92. The molecule has 20 heavy (non-hydrogen) atoms. The molecule has 1 aliphatic rings. The fourth-order valence-corrected chi connectivity index (χ4v) is 4.00. The second-order valence-corrected chi connectivity index (χ2v) is 7.02. The summed E-state index contributed by atoms with van der Waals surface area (Å²) in [6.07, 6.45) is 3.76. The molecule has 112 valence electrons. The normalized spacial score (nSPS) is 23.6. The van der Waals surface area contributed by atoms with Gasteiger partial charge in [0.25, 0.3) is 0 Å². The number of hydrogen-bond donors (Lipinski definition) is 2. The highest BCUT2D eigenvalue weighted by Crippen LogP contribution is 2.23. The lowest BCUT2D eigenvalue weighted by molar-refractivity contribution is 0.361. The van der Waals surface area contributed by atoms with Crippen LogP contribution in [0.2, 0.25) is 0 Å². The molecule has 0 aromatic heterocycles. The van der Waals surface area contributed by atoms with Gasteiger partial charge in [0.2, 0.25) is 10.0 Å². The van der Waals surface area contributed by atoms with E-state index in [4.69, 9.17) is 10.5 Å². The summed E-state index contributed by atoms with van der Waals surface area (Å²) >= 11 is 0. The van der Waals surface area contributed by atoms with Crippen molar-refractivity contribution >= 4 is 10.0 Å². The SMILES string of the molecule is COc1ccc(S(=O)(=O)N[C@@H]2CCCC[C@H]2N)cc1C. The Morgan fingerprint density at radius 3 is 2.60 bits per heavy atom. The van der Waals surface area contributed by atoms with Gasteiger partial charge in [-0.05, 0) is 43.5 Å². The Morgan fingerprint density at radius 1 is 1.30 bits per heavy atom. The van der Waals surface area contributed by atoms with E-state index < -0.39 is 10.0 Å². The van der Waals surface area contributed by atoms with Gasteiger partial charge in [0, 0.05) is 12.1 Å². The van der Waals surface area contributed by atoms with Crippen LogP contribution in [0, 0.1) is 6.92 Å². The Balaban J connectivity index is 2.19. The fraction of sp³-hybridized carbons (Fsp3) is 0.571. The second kappa shape index (κ2) is 6.11. The van der Waals surface area contributed by atoms with Crippen LogP contribution in [-0.4, -0.2) is 27.6 Å². The number of sulfonamides is 1. The van der Waals surface area contributed by atoms with E-state index >= 15 is 0 Å². The number of rotatable bonds is 4. The van der Waals surface area contributed by atoms with E-state index in [2.05, 4.69) is 4.72 Å². The molecule has 2 atom stereocenters. The van der Waals surface area contributed by atoms with E-state index in [9.17, 15) is 8.42 Å². The molecule has 0 heterocycles. The molecule has 0 spiro atoms. The van der Waals surface area contributed by atoms with Crippen LogP contribution in [0.4, 0.5) is 0 Å². The van der Waals surface area contributed by atoms with Gasteiger partial charge >= 0.3 is 0 Å². The zero-order chi connectivity index (χ0) is 14.8. The lowest BCUT2D eigenvalue weighted by Gasteiger charge is -2.29. The van der Waals surface area contributed by atoms with Gasteiger partial charge in [-0.25, -0.2) is 13.1 Å². The number of benzene rings is 1. The van der Waals surface area contributed by atoms with Crippen LogP contribution in [0.1, 0.15) is 31.2 Å². The van der Waals surface area contributed by atoms with E-state index in [1.54, 1.807) is 25.3 Å². The van der Waals surface area contributed by atoms with Crippen molar-refractivity contribution in [1.29, 1.82) is 0 Å². The molecule has 1 aromatic carbocycles. The van der Waals surface area contributed by atoms with Crippen molar-refractivity contribution in [1.82, 2.24) is 4.72 Å². The van der Waals surface area contributed by atoms with E-state index in [0.717, 1.165) is 31.2 Å². The summed E-state index contributed by atoms with van der Waals surface area (Å²) in [5.41, 5.74) is 6.79. The second-order valence-electron chi connectivity index (χ2n) is 5.31. The maximum Gasteiger partial charge on any atom is 0.240 e. The average Bonchev–Trinajstić information content (AvgIpc) is 2.41. The quantitative estimate of drug-likeness (QED) is 0.883. The number of aryl methyl sites for hydroxylation is 1. The Bertz CT molecular complexity index is 572. The first-order chi connectivity index (χ1) is 9.44. The first-order valence-corrected chi connectivity index (χ1v) is 8.35. The smallest absolute Gasteiger partial charge is 0.240 e. The fourth-order valence-electron chi connectivity index (χ4n) is 2.59. The van der Waals surface area contributed by atoms with Crippen molar-refractivity contribution in [3.63, 3.8) is 0 Å². The molecule has 0 bridgehead atoms. The van der Waals surface area contributed by atoms with E-state index in [-0.39, 0.29) is 17.0 Å². The molecule has 1 fully saturated rings. The Morgan fingerprint density at radius 2 is 2.00 bits per heavy atom. The summed E-state index contributed by atoms with van der Waals surface area (Å²) in [5.74, 6) is 0.679. The van der Waals surface area contributed by atoms with Gasteiger partial charge in [-0.3, -0.25) is 0 Å². The molecule has 2 rings (SSSR count). The van der Waals surface area contributed by atoms with Gasteiger partial charge in [-0.1, -0.05) is 12.8 Å². The Labute approximate surface area is 120 Å². The molecule has 0 radical (unpaired) electrons. The summed E-state index contributed by atoms with van der Waals surface area (Å²) in [5, 5.41) is 0. The highest BCUT2D eigenvalue weighted by Gasteiger charge is 2.27. The van der Waals surface area contributed by atoms with Crippen LogP contribution < -0.4 is 15.2 Å². The van der Waals surface area contributed by atoms with Gasteiger partial charge in [0.05, 0.1) is 12.0 Å². The van der Waals surface area contributed by atoms with Gasteiger partial charge in [-0.15, -0.1) is 0 Å². The summed E-state index contributed by atoms with van der Waals surface area (Å²) < 4.78 is 32.7. The molecule has 0 amide bonds. The maximum atomic E-state index is 12.4. The summed E-state index contributed by atoms with van der Waals surface area (Å²) in [6, 6.07) is 4.58. The van der Waals surface area contributed by atoms with Crippen molar-refractivity contribution in [2.45, 2.75) is 49.6 Å². The molecule has 0 aliphatic heterocycles. The van der Waals surface area contributed by atoms with Crippen molar-refractivity contribution < 1.29 is 13.2 Å². The number of nitrogens with two attached hydrogens (primary N) is 1. The van der Waals surface area contributed by atoms with Crippen molar-refractivity contribution in [2.24, 2.45) is 5.73 Å². The largest absolute Gasteiger partial charge is 0.496 e. The predicted molar refractivity (Wildman–Crippen MR) is 78.3 cm³/mol. The van der Waals surface area contributed by atoms with Gasteiger partial charge in [0.1, 0.15) is 5.75 Å². The van der Waals surface area contributed by atoms with Crippen LogP contribution in [0.5, 0.6) is 5.75 Å². The van der Waals surface area contributed by atoms with Crippen molar-refractivity contribution in [3.05, 3.63) is 23.8 Å². The minimum absolute atomic E-state index is 0.0992. The van der Waals surface area contributed by atoms with Gasteiger partial charge in [-0.2, -0.15) is 0 Å². The third kappa shape index (κ3) is 3.31. The highest BCUT2D eigenvalue weighted by molar-refractivity contribution is 7.89. The summed E-state index contributed by atoms with van der Waals surface area (Å²) in [7, 11) is -1.96. The highest BCUT2D eigenvalue weighted by atomic mass is 32.2. The molecule has 1 aliphatic carbocycles. The Hall–Kier alpha value is -1.11. The molecular formula is C14H22N2O3S. The molecule has 0 saturated heterocycles. The first-order valence-electron chi connectivity index (χ1n) is 6.86. The van der Waals surface area contributed by atoms with E-state index in [1.807, 2.05) is 6.92 Å². The number of ether oxygens (including phenoxy) is 1. The topological polar surface area (TPSA) is 81.4 Å². The maximum absolute atomic E-state index is 12.4. The third-order valence-electron chi connectivity index (χ3n) is 3.80. The lowest BCUT2D eigenvalue weighted by Crippen LogP contribution is -2.49. The monoisotopic (exact) mass is 298 g/mol. The van der Waals surface area contributed by atoms with Crippen molar-refractivity contribution in [3.8, 4) is 5.75 Å². The molecule has 0 unspecified atom stereocenters. The van der Waals surface area contributed by atoms with Gasteiger partial charge < -0.3 is 10.5 Å². The minimum atomic E-state index is -3.53.